The molecule has 78 valence electrons. The van der Waals surface area contributed by atoms with Gasteiger partial charge in [-0.15, -0.1) is 0 Å². The lowest BCUT2D eigenvalue weighted by Crippen LogP contribution is -2.38. The van der Waals surface area contributed by atoms with Gasteiger partial charge in [0, 0.05) is 0 Å². The monoisotopic (exact) mass is 186 g/mol. The van der Waals surface area contributed by atoms with Gasteiger partial charge in [0.15, 0.2) is 0 Å². The summed E-state index contributed by atoms with van der Waals surface area (Å²) in [5.41, 5.74) is 0. The molecule has 0 spiro atoms. The first-order chi connectivity index (χ1) is 6.08. The minimum Gasteiger partial charge on any atom is -0.372 e. The van der Waals surface area contributed by atoms with Crippen molar-refractivity contribution in [3.8, 4) is 0 Å². The maximum absolute atomic E-state index is 5.84. The van der Waals surface area contributed by atoms with Crippen molar-refractivity contribution in [2.75, 3.05) is 34.3 Å². The molecular weight excluding hydrogens is 162 g/mol. The lowest BCUT2D eigenvalue weighted by Gasteiger charge is -2.26. The van der Waals surface area contributed by atoms with E-state index in [9.17, 15) is 0 Å². The Balaban J connectivity index is 2.04. The fourth-order valence-corrected chi connectivity index (χ4v) is 1.73. The van der Waals surface area contributed by atoms with Crippen LogP contribution in [0.25, 0.3) is 0 Å². The fraction of sp³-hybridized carbons (Fsp3) is 1.00. The highest BCUT2D eigenvalue weighted by molar-refractivity contribution is 4.64. The third kappa shape index (κ3) is 5.27. The highest BCUT2D eigenvalue weighted by Gasteiger charge is 2.15. The van der Waals surface area contributed by atoms with Crippen molar-refractivity contribution < 1.29 is 9.22 Å². The smallest absolute Gasteiger partial charge is 0.102 e. The normalized spacial score (nSPS) is 20.5. The Hall–Kier alpha value is -0.0800. The molecule has 1 aliphatic rings. The minimum atomic E-state index is 0.570. The number of quaternary nitrogens is 1. The Morgan fingerprint density at radius 2 is 1.69 bits per heavy atom. The molecule has 0 radical (unpaired) electrons. The average Bonchev–Trinajstić information content (AvgIpc) is 2.04. The summed E-state index contributed by atoms with van der Waals surface area (Å²) in [5.74, 6) is 0. The van der Waals surface area contributed by atoms with E-state index in [0.717, 1.165) is 17.6 Å². The zero-order chi connectivity index (χ0) is 9.73. The number of hydrogen-bond acceptors (Lipinski definition) is 1. The van der Waals surface area contributed by atoms with E-state index >= 15 is 0 Å². The number of nitrogens with zero attached hydrogens (tertiary/aromatic N) is 1. The van der Waals surface area contributed by atoms with Gasteiger partial charge in [0.05, 0.1) is 33.9 Å². The predicted octanol–water partition coefficient (Wildman–Crippen LogP) is 2.04. The van der Waals surface area contributed by atoms with Crippen LogP contribution in [0.4, 0.5) is 0 Å². The standard InChI is InChI=1S/C11H24NO/c1-12(2,3)9-10-13-11-7-5-4-6-8-11/h11H,4-10H2,1-3H3/q+1. The van der Waals surface area contributed by atoms with Gasteiger partial charge in [-0.3, -0.25) is 0 Å². The van der Waals surface area contributed by atoms with Gasteiger partial charge in [0.2, 0.25) is 0 Å². The van der Waals surface area contributed by atoms with Gasteiger partial charge in [0.25, 0.3) is 0 Å². The molecular formula is C11H24NO+. The van der Waals surface area contributed by atoms with Crippen LogP contribution in [0.2, 0.25) is 0 Å². The van der Waals surface area contributed by atoms with Crippen molar-refractivity contribution in [2.45, 2.75) is 38.2 Å². The Kier molecular flexibility index (Phi) is 4.20. The van der Waals surface area contributed by atoms with Gasteiger partial charge in [-0.1, -0.05) is 19.3 Å². The first kappa shape index (κ1) is 11.0. The highest BCUT2D eigenvalue weighted by atomic mass is 16.5. The Bertz CT molecular complexity index is 134. The van der Waals surface area contributed by atoms with E-state index in [0.29, 0.717) is 6.10 Å². The van der Waals surface area contributed by atoms with Gasteiger partial charge >= 0.3 is 0 Å². The number of ether oxygens (including phenoxy) is 1. The molecule has 1 fully saturated rings. The lowest BCUT2D eigenvalue weighted by atomic mass is 9.98. The quantitative estimate of drug-likeness (QED) is 0.611. The zero-order valence-corrected chi connectivity index (χ0v) is 9.38. The second-order valence-corrected chi connectivity index (χ2v) is 5.14. The molecule has 0 saturated heterocycles. The van der Waals surface area contributed by atoms with Crippen molar-refractivity contribution >= 4 is 0 Å². The number of likely N-dealkylation sites (N-methyl/N-ethyl adjacent to an activating group) is 1. The van der Waals surface area contributed by atoms with Crippen molar-refractivity contribution in [1.29, 1.82) is 0 Å². The summed E-state index contributed by atoms with van der Waals surface area (Å²) in [5, 5.41) is 0. The fourth-order valence-electron chi connectivity index (χ4n) is 1.73. The summed E-state index contributed by atoms with van der Waals surface area (Å²) in [6.07, 6.45) is 7.30. The molecule has 1 aliphatic carbocycles. The molecule has 13 heavy (non-hydrogen) atoms. The van der Waals surface area contributed by atoms with Gasteiger partial charge < -0.3 is 9.22 Å². The van der Waals surface area contributed by atoms with E-state index in [-0.39, 0.29) is 0 Å². The van der Waals surface area contributed by atoms with Gasteiger partial charge in [-0.25, -0.2) is 0 Å². The summed E-state index contributed by atoms with van der Waals surface area (Å²) >= 11 is 0. The van der Waals surface area contributed by atoms with Crippen LogP contribution in [-0.4, -0.2) is 44.9 Å². The van der Waals surface area contributed by atoms with Crippen molar-refractivity contribution in [3.63, 3.8) is 0 Å². The Morgan fingerprint density at radius 3 is 2.23 bits per heavy atom. The van der Waals surface area contributed by atoms with Gasteiger partial charge in [0.1, 0.15) is 6.54 Å². The third-order valence-corrected chi connectivity index (χ3v) is 2.67. The van der Waals surface area contributed by atoms with Crippen LogP contribution in [-0.2, 0) is 4.74 Å². The molecule has 0 aromatic carbocycles. The summed E-state index contributed by atoms with van der Waals surface area (Å²) < 4.78 is 6.85. The van der Waals surface area contributed by atoms with Crippen molar-refractivity contribution in [1.82, 2.24) is 0 Å². The zero-order valence-electron chi connectivity index (χ0n) is 9.38. The van der Waals surface area contributed by atoms with E-state index < -0.39 is 0 Å². The van der Waals surface area contributed by atoms with Gasteiger partial charge in [-0.05, 0) is 12.8 Å². The van der Waals surface area contributed by atoms with Crippen LogP contribution in [0.5, 0.6) is 0 Å². The SMILES string of the molecule is C[N+](C)(C)CCOC1CCCCC1. The first-order valence-corrected chi connectivity index (χ1v) is 5.50. The average molecular weight is 186 g/mol. The molecule has 0 N–H and O–H groups in total. The maximum atomic E-state index is 5.84. The molecule has 0 unspecified atom stereocenters. The van der Waals surface area contributed by atoms with Crippen LogP contribution in [0.1, 0.15) is 32.1 Å². The molecule has 0 aromatic rings. The second kappa shape index (κ2) is 4.97. The second-order valence-electron chi connectivity index (χ2n) is 5.14. The highest BCUT2D eigenvalue weighted by Crippen LogP contribution is 2.20. The number of hydrogen-bond donors (Lipinski definition) is 0. The molecule has 0 bridgehead atoms. The summed E-state index contributed by atoms with van der Waals surface area (Å²) in [4.78, 5) is 0. The third-order valence-electron chi connectivity index (χ3n) is 2.67. The maximum Gasteiger partial charge on any atom is 0.102 e. The summed E-state index contributed by atoms with van der Waals surface area (Å²) in [6, 6.07) is 0. The molecule has 0 heterocycles. The molecule has 0 aliphatic heterocycles. The molecule has 0 atom stereocenters. The Labute approximate surface area is 82.5 Å². The number of rotatable bonds is 4. The first-order valence-electron chi connectivity index (χ1n) is 5.50. The van der Waals surface area contributed by atoms with Crippen LogP contribution in [0, 0.1) is 0 Å². The van der Waals surface area contributed by atoms with Crippen LogP contribution >= 0.6 is 0 Å². The van der Waals surface area contributed by atoms with Crippen molar-refractivity contribution in [3.05, 3.63) is 0 Å². The molecule has 0 aromatic heterocycles. The summed E-state index contributed by atoms with van der Waals surface area (Å²) in [6.45, 7) is 2.05. The molecule has 2 nitrogen and oxygen atoms in total. The lowest BCUT2D eigenvalue weighted by molar-refractivity contribution is -0.870. The molecule has 1 saturated carbocycles. The van der Waals surface area contributed by atoms with E-state index in [1.807, 2.05) is 0 Å². The Morgan fingerprint density at radius 1 is 1.08 bits per heavy atom. The van der Waals surface area contributed by atoms with E-state index in [1.54, 1.807) is 0 Å². The summed E-state index contributed by atoms with van der Waals surface area (Å²) in [7, 11) is 6.64. The van der Waals surface area contributed by atoms with E-state index in [4.69, 9.17) is 4.74 Å². The van der Waals surface area contributed by atoms with Crippen LogP contribution in [0.15, 0.2) is 0 Å². The van der Waals surface area contributed by atoms with E-state index in [2.05, 4.69) is 21.1 Å². The molecule has 2 heteroatoms. The van der Waals surface area contributed by atoms with Crippen LogP contribution < -0.4 is 0 Å². The minimum absolute atomic E-state index is 0.570. The van der Waals surface area contributed by atoms with Crippen LogP contribution in [0.3, 0.4) is 0 Å². The molecule has 0 amide bonds. The van der Waals surface area contributed by atoms with E-state index in [1.165, 1.54) is 32.1 Å². The topological polar surface area (TPSA) is 9.23 Å². The van der Waals surface area contributed by atoms with Crippen molar-refractivity contribution in [2.24, 2.45) is 0 Å². The largest absolute Gasteiger partial charge is 0.372 e. The predicted molar refractivity (Wildman–Crippen MR) is 55.7 cm³/mol. The van der Waals surface area contributed by atoms with Gasteiger partial charge in [-0.2, -0.15) is 0 Å². The molecule has 1 rings (SSSR count).